The van der Waals surface area contributed by atoms with Gasteiger partial charge in [0.15, 0.2) is 0 Å². The van der Waals surface area contributed by atoms with Gasteiger partial charge in [-0.2, -0.15) is 5.26 Å². The molecule has 0 spiro atoms. The maximum Gasteiger partial charge on any atom is 0.308 e. The van der Waals surface area contributed by atoms with E-state index in [0.717, 1.165) is 5.56 Å². The van der Waals surface area contributed by atoms with Gasteiger partial charge in [-0.15, -0.1) is 0 Å². The smallest absolute Gasteiger partial charge is 0.308 e. The van der Waals surface area contributed by atoms with E-state index in [1.165, 1.54) is 0 Å². The van der Waals surface area contributed by atoms with E-state index in [2.05, 4.69) is 6.07 Å². The third-order valence-corrected chi connectivity index (χ3v) is 4.61. The predicted octanol–water partition coefficient (Wildman–Crippen LogP) is 3.32. The first-order valence-electron chi connectivity index (χ1n) is 7.39. The molecule has 0 N–H and O–H groups in total. The summed E-state index contributed by atoms with van der Waals surface area (Å²) in [7, 11) is 1.58. The van der Waals surface area contributed by atoms with Crippen molar-refractivity contribution in [1.82, 2.24) is 0 Å². The molecule has 1 fully saturated rings. The lowest BCUT2D eigenvalue weighted by atomic mass is 9.66. The molecule has 23 heavy (non-hydrogen) atoms. The molecule has 1 heterocycles. The fraction of sp³-hybridized carbons (Fsp3) is 0.263. The summed E-state index contributed by atoms with van der Waals surface area (Å²) in [6.45, 7) is 1.90. The van der Waals surface area contributed by atoms with Crippen LogP contribution in [0, 0.1) is 11.3 Å². The second-order valence-corrected chi connectivity index (χ2v) is 5.87. The van der Waals surface area contributed by atoms with Crippen LogP contribution in [0.1, 0.15) is 24.5 Å². The van der Waals surface area contributed by atoms with Gasteiger partial charge in [0, 0.05) is 5.56 Å². The van der Waals surface area contributed by atoms with E-state index in [9.17, 15) is 10.1 Å². The summed E-state index contributed by atoms with van der Waals surface area (Å²) in [5, 5.41) is 9.95. The van der Waals surface area contributed by atoms with Crippen LogP contribution in [0.5, 0.6) is 5.75 Å². The number of carbonyl (C=O) groups excluding carboxylic acids is 1. The van der Waals surface area contributed by atoms with Crippen LogP contribution < -0.4 is 4.74 Å². The molecule has 0 aromatic heterocycles. The number of hydrogen-bond donors (Lipinski definition) is 0. The highest BCUT2D eigenvalue weighted by Gasteiger charge is 2.60. The topological polar surface area (TPSA) is 59.3 Å². The van der Waals surface area contributed by atoms with Gasteiger partial charge in [-0.1, -0.05) is 42.5 Å². The number of rotatable bonds is 3. The zero-order valence-electron chi connectivity index (χ0n) is 13.1. The predicted molar refractivity (Wildman–Crippen MR) is 84.8 cm³/mol. The fourth-order valence-electron chi connectivity index (χ4n) is 3.26. The number of benzene rings is 2. The molecular formula is C19H17NO3. The van der Waals surface area contributed by atoms with E-state index >= 15 is 0 Å². The van der Waals surface area contributed by atoms with Gasteiger partial charge in [0.25, 0.3) is 0 Å². The monoisotopic (exact) mass is 307 g/mol. The van der Waals surface area contributed by atoms with Crippen molar-refractivity contribution in [3.63, 3.8) is 0 Å². The van der Waals surface area contributed by atoms with Crippen LogP contribution in [0.15, 0.2) is 54.6 Å². The SMILES string of the molecule is COc1ccc(C2(C#N)OC(=O)CC2(C)c2ccccc2)cc1. The summed E-state index contributed by atoms with van der Waals surface area (Å²) in [6.07, 6.45) is 0.163. The first-order valence-corrected chi connectivity index (χ1v) is 7.39. The highest BCUT2D eigenvalue weighted by atomic mass is 16.6. The maximum absolute atomic E-state index is 12.1. The van der Waals surface area contributed by atoms with Crippen molar-refractivity contribution in [1.29, 1.82) is 5.26 Å². The van der Waals surface area contributed by atoms with Gasteiger partial charge in [0.1, 0.15) is 11.8 Å². The molecule has 2 unspecified atom stereocenters. The zero-order valence-corrected chi connectivity index (χ0v) is 13.1. The minimum atomic E-state index is -1.35. The van der Waals surface area contributed by atoms with Crippen molar-refractivity contribution >= 4 is 5.97 Å². The molecule has 1 aliphatic rings. The summed E-state index contributed by atoms with van der Waals surface area (Å²) in [5.74, 6) is 0.321. The molecule has 116 valence electrons. The zero-order chi connectivity index (χ0) is 16.5. The van der Waals surface area contributed by atoms with E-state index < -0.39 is 11.0 Å². The molecule has 0 amide bonds. The second kappa shape index (κ2) is 5.44. The first-order chi connectivity index (χ1) is 11.1. The summed E-state index contributed by atoms with van der Waals surface area (Å²) in [6, 6.07) is 18.9. The first kappa shape index (κ1) is 15.1. The van der Waals surface area contributed by atoms with E-state index in [-0.39, 0.29) is 12.4 Å². The van der Waals surface area contributed by atoms with Gasteiger partial charge in [-0.05, 0) is 24.6 Å². The molecule has 1 aliphatic heterocycles. The summed E-state index contributed by atoms with van der Waals surface area (Å²) in [5.41, 5.74) is -0.548. The minimum absolute atomic E-state index is 0.163. The number of hydrogen-bond acceptors (Lipinski definition) is 4. The van der Waals surface area contributed by atoms with Gasteiger partial charge in [0.2, 0.25) is 5.60 Å². The van der Waals surface area contributed by atoms with E-state index in [1.54, 1.807) is 31.4 Å². The molecule has 4 heteroatoms. The van der Waals surface area contributed by atoms with Crippen LogP contribution in [-0.2, 0) is 20.5 Å². The van der Waals surface area contributed by atoms with Crippen LogP contribution in [0.2, 0.25) is 0 Å². The third-order valence-electron chi connectivity index (χ3n) is 4.61. The summed E-state index contributed by atoms with van der Waals surface area (Å²) in [4.78, 5) is 12.1. The van der Waals surface area contributed by atoms with Crippen LogP contribution in [0.4, 0.5) is 0 Å². The Morgan fingerprint density at radius 2 is 1.74 bits per heavy atom. The molecule has 2 aromatic carbocycles. The van der Waals surface area contributed by atoms with Gasteiger partial charge < -0.3 is 9.47 Å². The van der Waals surface area contributed by atoms with Gasteiger partial charge in [-0.3, -0.25) is 4.79 Å². The van der Waals surface area contributed by atoms with Crippen LogP contribution in [0.3, 0.4) is 0 Å². The summed E-state index contributed by atoms with van der Waals surface area (Å²) >= 11 is 0. The Balaban J connectivity index is 2.18. The number of nitrogens with zero attached hydrogens (tertiary/aromatic N) is 1. The molecule has 0 bridgehead atoms. The molecular weight excluding hydrogens is 290 g/mol. The fourth-order valence-corrected chi connectivity index (χ4v) is 3.26. The minimum Gasteiger partial charge on any atom is -0.497 e. The van der Waals surface area contributed by atoms with Crippen LogP contribution >= 0.6 is 0 Å². The normalized spacial score (nSPS) is 26.4. The maximum atomic E-state index is 12.1. The average molecular weight is 307 g/mol. The number of ether oxygens (including phenoxy) is 2. The molecule has 0 radical (unpaired) electrons. The van der Waals surface area contributed by atoms with E-state index in [4.69, 9.17) is 9.47 Å². The van der Waals surface area contributed by atoms with Crippen molar-refractivity contribution in [2.45, 2.75) is 24.4 Å². The lowest BCUT2D eigenvalue weighted by molar-refractivity contribution is -0.146. The quantitative estimate of drug-likeness (QED) is 0.816. The molecule has 1 saturated heterocycles. The molecule has 0 saturated carbocycles. The van der Waals surface area contributed by atoms with Crippen molar-refractivity contribution in [3.05, 3.63) is 65.7 Å². The van der Waals surface area contributed by atoms with Crippen LogP contribution in [0.25, 0.3) is 0 Å². The number of methoxy groups -OCH3 is 1. The Kier molecular flexibility index (Phi) is 3.57. The average Bonchev–Trinajstić information content (AvgIpc) is 2.88. The number of carbonyl (C=O) groups is 1. The Bertz CT molecular complexity index is 763. The Morgan fingerprint density at radius 1 is 1.09 bits per heavy atom. The number of esters is 1. The molecule has 4 nitrogen and oxygen atoms in total. The Labute approximate surface area is 135 Å². The standard InChI is InChI=1S/C19H17NO3/c1-18(14-6-4-3-5-7-14)12-17(21)23-19(18,13-20)15-8-10-16(22-2)11-9-15/h3-11H,12H2,1-2H3. The lowest BCUT2D eigenvalue weighted by Gasteiger charge is -2.36. The van der Waals surface area contributed by atoms with Crippen molar-refractivity contribution in [2.24, 2.45) is 0 Å². The highest BCUT2D eigenvalue weighted by molar-refractivity contribution is 5.77. The molecule has 2 atom stereocenters. The molecule has 0 aliphatic carbocycles. The van der Waals surface area contributed by atoms with E-state index in [1.807, 2.05) is 37.3 Å². The largest absolute Gasteiger partial charge is 0.497 e. The molecule has 2 aromatic rings. The number of nitriles is 1. The van der Waals surface area contributed by atoms with E-state index in [0.29, 0.717) is 11.3 Å². The van der Waals surface area contributed by atoms with Crippen LogP contribution in [-0.4, -0.2) is 13.1 Å². The second-order valence-electron chi connectivity index (χ2n) is 5.87. The van der Waals surface area contributed by atoms with Crippen molar-refractivity contribution in [2.75, 3.05) is 7.11 Å². The van der Waals surface area contributed by atoms with Gasteiger partial charge in [0.05, 0.1) is 18.9 Å². The third kappa shape index (κ3) is 2.17. The summed E-state index contributed by atoms with van der Waals surface area (Å²) < 4.78 is 10.8. The molecule has 3 rings (SSSR count). The Hall–Kier alpha value is -2.80. The lowest BCUT2D eigenvalue weighted by Crippen LogP contribution is -2.42. The van der Waals surface area contributed by atoms with Crippen molar-refractivity contribution < 1.29 is 14.3 Å². The highest BCUT2D eigenvalue weighted by Crippen LogP contribution is 2.52. The Morgan fingerprint density at radius 3 is 2.30 bits per heavy atom. The number of cyclic esters (lactones) is 1. The van der Waals surface area contributed by atoms with Gasteiger partial charge in [-0.25, -0.2) is 0 Å². The van der Waals surface area contributed by atoms with Gasteiger partial charge >= 0.3 is 5.97 Å². The van der Waals surface area contributed by atoms with Crippen molar-refractivity contribution in [3.8, 4) is 11.8 Å².